The summed E-state index contributed by atoms with van der Waals surface area (Å²) in [5.41, 5.74) is 1.39. The third-order valence-electron chi connectivity index (χ3n) is 4.82. The van der Waals surface area contributed by atoms with Gasteiger partial charge in [-0.1, -0.05) is 12.1 Å². The number of ether oxygens (including phenoxy) is 1. The summed E-state index contributed by atoms with van der Waals surface area (Å²) < 4.78 is 5.43. The van der Waals surface area contributed by atoms with Crippen molar-refractivity contribution in [3.63, 3.8) is 0 Å². The maximum Gasteiger partial charge on any atom is 0.280 e. The first-order valence-electron chi connectivity index (χ1n) is 9.09. The number of benzene rings is 1. The lowest BCUT2D eigenvalue weighted by Gasteiger charge is -2.36. The smallest absolute Gasteiger partial charge is 0.280 e. The lowest BCUT2D eigenvalue weighted by molar-refractivity contribution is 0.0741. The van der Waals surface area contributed by atoms with Crippen LogP contribution in [0.4, 0.5) is 5.69 Å². The van der Waals surface area contributed by atoms with Crippen LogP contribution in [0.1, 0.15) is 33.1 Å². The Morgan fingerprint density at radius 1 is 1.19 bits per heavy atom. The summed E-state index contributed by atoms with van der Waals surface area (Å²) in [6, 6.07) is 8.18. The highest BCUT2D eigenvalue weighted by Gasteiger charge is 2.28. The quantitative estimate of drug-likeness (QED) is 0.851. The van der Waals surface area contributed by atoms with Crippen LogP contribution < -0.4 is 15.0 Å². The third kappa shape index (κ3) is 3.90. The van der Waals surface area contributed by atoms with Gasteiger partial charge in [-0.15, -0.1) is 11.3 Å². The van der Waals surface area contributed by atoms with Crippen molar-refractivity contribution in [1.29, 1.82) is 0 Å². The van der Waals surface area contributed by atoms with Crippen molar-refractivity contribution in [2.24, 2.45) is 0 Å². The number of methoxy groups -OCH3 is 1. The lowest BCUT2D eigenvalue weighted by atomic mass is 10.2. The summed E-state index contributed by atoms with van der Waals surface area (Å²) in [7, 11) is 1.66. The van der Waals surface area contributed by atoms with Gasteiger partial charge in [-0.05, 0) is 25.0 Å². The van der Waals surface area contributed by atoms with Crippen LogP contribution >= 0.6 is 11.3 Å². The van der Waals surface area contributed by atoms with Gasteiger partial charge >= 0.3 is 0 Å². The van der Waals surface area contributed by atoms with Crippen molar-refractivity contribution in [3.8, 4) is 5.75 Å². The standard InChI is InChI=1S/C19H22N4O3S/c1-26-16-5-3-2-4-15(16)22-8-10-23(11-9-22)19(25)14-12-27-18(21-14)17(24)20-13-6-7-13/h2-5,12-13H,6-11H2,1H3,(H,20,24). The van der Waals surface area contributed by atoms with Gasteiger partial charge in [0, 0.05) is 37.6 Å². The van der Waals surface area contributed by atoms with Crippen molar-refractivity contribution >= 4 is 28.8 Å². The number of thiazole rings is 1. The van der Waals surface area contributed by atoms with Crippen LogP contribution in [0.2, 0.25) is 0 Å². The molecule has 2 heterocycles. The molecule has 8 heteroatoms. The van der Waals surface area contributed by atoms with Crippen molar-refractivity contribution in [1.82, 2.24) is 15.2 Å². The monoisotopic (exact) mass is 386 g/mol. The molecule has 2 aliphatic rings. The van der Waals surface area contributed by atoms with Gasteiger partial charge < -0.3 is 19.9 Å². The van der Waals surface area contributed by atoms with E-state index in [1.54, 1.807) is 17.4 Å². The summed E-state index contributed by atoms with van der Waals surface area (Å²) in [4.78, 5) is 33.1. The van der Waals surface area contributed by atoms with E-state index < -0.39 is 0 Å². The Labute approximate surface area is 161 Å². The molecular formula is C19H22N4O3S. The summed E-state index contributed by atoms with van der Waals surface area (Å²) in [6.45, 7) is 2.67. The number of aromatic nitrogens is 1. The van der Waals surface area contributed by atoms with Crippen LogP contribution in [0.5, 0.6) is 5.75 Å². The van der Waals surface area contributed by atoms with E-state index in [9.17, 15) is 9.59 Å². The van der Waals surface area contributed by atoms with Crippen LogP contribution in [0.25, 0.3) is 0 Å². The van der Waals surface area contributed by atoms with Crippen LogP contribution in [0.15, 0.2) is 29.6 Å². The molecule has 1 saturated carbocycles. The SMILES string of the molecule is COc1ccccc1N1CCN(C(=O)c2csc(C(=O)NC3CC3)n2)CC1. The first-order chi connectivity index (χ1) is 13.2. The molecule has 1 aliphatic carbocycles. The summed E-state index contributed by atoms with van der Waals surface area (Å²) in [5.74, 6) is 0.544. The minimum absolute atomic E-state index is 0.114. The van der Waals surface area contributed by atoms with Gasteiger partial charge in [-0.25, -0.2) is 4.98 Å². The maximum atomic E-state index is 12.7. The zero-order chi connectivity index (χ0) is 18.8. The van der Waals surface area contributed by atoms with Crippen molar-refractivity contribution < 1.29 is 14.3 Å². The number of hydrogen-bond acceptors (Lipinski definition) is 6. The maximum absolute atomic E-state index is 12.7. The zero-order valence-electron chi connectivity index (χ0n) is 15.2. The Kier molecular flexibility index (Phi) is 4.98. The minimum atomic E-state index is -0.178. The van der Waals surface area contributed by atoms with Gasteiger partial charge in [0.2, 0.25) is 0 Å². The highest BCUT2D eigenvalue weighted by atomic mass is 32.1. The van der Waals surface area contributed by atoms with E-state index in [2.05, 4.69) is 15.2 Å². The van der Waals surface area contributed by atoms with Gasteiger partial charge in [0.1, 0.15) is 11.4 Å². The first kappa shape index (κ1) is 17.8. The predicted octanol–water partition coefficient (Wildman–Crippen LogP) is 2.01. The van der Waals surface area contributed by atoms with Gasteiger partial charge in [0.15, 0.2) is 5.01 Å². The fraction of sp³-hybridized carbons (Fsp3) is 0.421. The number of rotatable bonds is 5. The number of para-hydroxylation sites is 2. The Morgan fingerprint density at radius 3 is 2.63 bits per heavy atom. The molecule has 0 bridgehead atoms. The number of piperazine rings is 1. The molecule has 0 radical (unpaired) electrons. The van der Waals surface area contributed by atoms with Gasteiger partial charge in [-0.3, -0.25) is 9.59 Å². The summed E-state index contributed by atoms with van der Waals surface area (Å²) >= 11 is 1.22. The molecule has 1 aromatic carbocycles. The van der Waals surface area contributed by atoms with E-state index in [1.165, 1.54) is 11.3 Å². The number of nitrogens with zero attached hydrogens (tertiary/aromatic N) is 3. The largest absolute Gasteiger partial charge is 0.495 e. The fourth-order valence-corrected chi connectivity index (χ4v) is 3.85. The van der Waals surface area contributed by atoms with E-state index in [4.69, 9.17) is 4.74 Å². The molecule has 27 heavy (non-hydrogen) atoms. The first-order valence-corrected chi connectivity index (χ1v) is 9.97. The molecule has 2 aromatic rings. The molecule has 2 fully saturated rings. The fourth-order valence-electron chi connectivity index (χ4n) is 3.15. The van der Waals surface area contributed by atoms with Crippen LogP contribution in [-0.2, 0) is 0 Å². The van der Waals surface area contributed by atoms with E-state index in [0.29, 0.717) is 23.8 Å². The van der Waals surface area contributed by atoms with E-state index in [1.807, 2.05) is 24.3 Å². The average molecular weight is 386 g/mol. The molecule has 1 N–H and O–H groups in total. The second kappa shape index (κ2) is 7.56. The van der Waals surface area contributed by atoms with E-state index in [0.717, 1.165) is 37.4 Å². The molecular weight excluding hydrogens is 364 g/mol. The van der Waals surface area contributed by atoms with Crippen LogP contribution in [0, 0.1) is 0 Å². The molecule has 1 aliphatic heterocycles. The Bertz CT molecular complexity index is 841. The minimum Gasteiger partial charge on any atom is -0.495 e. The van der Waals surface area contributed by atoms with Crippen molar-refractivity contribution in [3.05, 3.63) is 40.3 Å². The average Bonchev–Trinajstić information content (AvgIpc) is 3.38. The Balaban J connectivity index is 1.37. The molecule has 0 unspecified atom stereocenters. The highest BCUT2D eigenvalue weighted by Crippen LogP contribution is 2.28. The molecule has 1 saturated heterocycles. The Morgan fingerprint density at radius 2 is 1.93 bits per heavy atom. The van der Waals surface area contributed by atoms with Gasteiger partial charge in [-0.2, -0.15) is 0 Å². The Hall–Kier alpha value is -2.61. The lowest BCUT2D eigenvalue weighted by Crippen LogP contribution is -2.49. The molecule has 4 rings (SSSR count). The van der Waals surface area contributed by atoms with E-state index >= 15 is 0 Å². The number of anilines is 1. The van der Waals surface area contributed by atoms with Gasteiger partial charge in [0.25, 0.3) is 11.8 Å². The third-order valence-corrected chi connectivity index (χ3v) is 5.66. The summed E-state index contributed by atoms with van der Waals surface area (Å²) in [6.07, 6.45) is 2.05. The van der Waals surface area contributed by atoms with Gasteiger partial charge in [0.05, 0.1) is 12.8 Å². The normalized spacial score (nSPS) is 16.9. The second-order valence-electron chi connectivity index (χ2n) is 6.74. The predicted molar refractivity (Wildman–Crippen MR) is 104 cm³/mol. The molecule has 0 spiro atoms. The van der Waals surface area contributed by atoms with E-state index in [-0.39, 0.29) is 17.9 Å². The number of amides is 2. The number of nitrogens with one attached hydrogen (secondary N) is 1. The van der Waals surface area contributed by atoms with Crippen molar-refractivity contribution in [2.45, 2.75) is 18.9 Å². The van der Waals surface area contributed by atoms with Crippen LogP contribution in [0.3, 0.4) is 0 Å². The topological polar surface area (TPSA) is 74.8 Å². The molecule has 0 atom stereocenters. The molecule has 1 aromatic heterocycles. The zero-order valence-corrected chi connectivity index (χ0v) is 16.0. The number of hydrogen-bond donors (Lipinski definition) is 1. The number of carbonyl (C=O) groups excluding carboxylic acids is 2. The van der Waals surface area contributed by atoms with Crippen molar-refractivity contribution in [2.75, 3.05) is 38.2 Å². The molecule has 142 valence electrons. The van der Waals surface area contributed by atoms with Crippen LogP contribution in [-0.4, -0.2) is 61.0 Å². The second-order valence-corrected chi connectivity index (χ2v) is 7.59. The summed E-state index contributed by atoms with van der Waals surface area (Å²) in [5, 5.41) is 4.94. The molecule has 7 nitrogen and oxygen atoms in total. The highest BCUT2D eigenvalue weighted by molar-refractivity contribution is 7.11. The number of carbonyl (C=O) groups is 2. The molecule has 2 amide bonds.